The maximum atomic E-state index is 12.1. The number of nitrogens with zero attached hydrogens (tertiary/aromatic N) is 4. The fraction of sp³-hybridized carbons (Fsp3) is 0.0714. The Kier molecular flexibility index (Phi) is 3.74. The molecule has 0 aliphatic rings. The molecule has 0 saturated heterocycles. The van der Waals surface area contributed by atoms with Crippen LogP contribution in [0.15, 0.2) is 45.3 Å². The summed E-state index contributed by atoms with van der Waals surface area (Å²) >= 11 is 1.33. The first-order valence-corrected chi connectivity index (χ1v) is 7.23. The number of nitriles is 1. The third-order valence-electron chi connectivity index (χ3n) is 3.02. The number of hydrogen-bond acceptors (Lipinski definition) is 7. The summed E-state index contributed by atoms with van der Waals surface area (Å²) in [5.74, 6) is 0.602. The quantitative estimate of drug-likeness (QED) is 0.536. The molecule has 3 rings (SSSR count). The molecular formula is C14H8N4O4S. The minimum atomic E-state index is -0.647. The van der Waals surface area contributed by atoms with E-state index in [0.29, 0.717) is 16.5 Å². The highest BCUT2D eigenvalue weighted by Gasteiger charge is 2.15. The van der Waals surface area contributed by atoms with Crippen LogP contribution in [0, 0.1) is 21.4 Å². The van der Waals surface area contributed by atoms with Gasteiger partial charge in [0.25, 0.3) is 11.2 Å². The number of rotatable bonds is 4. The van der Waals surface area contributed by atoms with Gasteiger partial charge in [-0.2, -0.15) is 5.26 Å². The molecule has 8 nitrogen and oxygen atoms in total. The number of thiazole rings is 1. The van der Waals surface area contributed by atoms with Crippen LogP contribution in [0.2, 0.25) is 0 Å². The molecule has 0 bridgehead atoms. The number of furan rings is 1. The van der Waals surface area contributed by atoms with Crippen LogP contribution in [0.1, 0.15) is 11.3 Å². The van der Waals surface area contributed by atoms with Gasteiger partial charge in [-0.05, 0) is 12.1 Å². The van der Waals surface area contributed by atoms with E-state index in [1.165, 1.54) is 17.6 Å². The Morgan fingerprint density at radius 3 is 3.00 bits per heavy atom. The molecule has 0 amide bonds. The highest BCUT2D eigenvalue weighted by atomic mass is 32.1. The van der Waals surface area contributed by atoms with Gasteiger partial charge in [0.15, 0.2) is 10.8 Å². The van der Waals surface area contributed by atoms with Crippen LogP contribution in [0.4, 0.5) is 5.69 Å². The molecule has 0 aromatic carbocycles. The molecule has 23 heavy (non-hydrogen) atoms. The van der Waals surface area contributed by atoms with Gasteiger partial charge in [-0.1, -0.05) is 0 Å². The first kappa shape index (κ1) is 14.7. The molecule has 0 radical (unpaired) electrons. The fourth-order valence-corrected chi connectivity index (χ4v) is 2.76. The molecule has 0 fully saturated rings. The van der Waals surface area contributed by atoms with Gasteiger partial charge in [0, 0.05) is 11.4 Å². The van der Waals surface area contributed by atoms with E-state index in [1.807, 2.05) is 0 Å². The van der Waals surface area contributed by atoms with Gasteiger partial charge in [0.2, 0.25) is 0 Å². The van der Waals surface area contributed by atoms with E-state index < -0.39 is 10.5 Å². The highest BCUT2D eigenvalue weighted by Crippen LogP contribution is 2.24. The summed E-state index contributed by atoms with van der Waals surface area (Å²) in [6.45, 7) is 0.0341. The van der Waals surface area contributed by atoms with Crippen molar-refractivity contribution in [3.8, 4) is 16.8 Å². The maximum Gasteiger partial charge on any atom is 0.287 e. The van der Waals surface area contributed by atoms with Crippen LogP contribution in [-0.2, 0) is 6.54 Å². The fourth-order valence-electron chi connectivity index (χ4n) is 1.98. The van der Waals surface area contributed by atoms with E-state index in [2.05, 4.69) is 4.98 Å². The predicted octanol–water partition coefficient (Wildman–Crippen LogP) is 2.39. The summed E-state index contributed by atoms with van der Waals surface area (Å²) in [6.07, 6.45) is 2.63. The van der Waals surface area contributed by atoms with Gasteiger partial charge in [-0.25, -0.2) is 4.98 Å². The molecule has 0 spiro atoms. The Morgan fingerprint density at radius 2 is 2.35 bits per heavy atom. The maximum absolute atomic E-state index is 12.1. The summed E-state index contributed by atoms with van der Waals surface area (Å²) in [5.41, 5.74) is -0.637. The summed E-state index contributed by atoms with van der Waals surface area (Å²) in [4.78, 5) is 26.7. The van der Waals surface area contributed by atoms with Crippen molar-refractivity contribution in [3.63, 3.8) is 0 Å². The molecule has 3 aromatic rings. The molecule has 0 aliphatic carbocycles. The van der Waals surface area contributed by atoms with Crippen LogP contribution < -0.4 is 5.56 Å². The molecule has 0 atom stereocenters. The molecule has 3 heterocycles. The zero-order chi connectivity index (χ0) is 16.4. The second-order valence-electron chi connectivity index (χ2n) is 4.54. The van der Waals surface area contributed by atoms with Crippen LogP contribution in [0.25, 0.3) is 10.8 Å². The first-order chi connectivity index (χ1) is 11.1. The third-order valence-corrected chi connectivity index (χ3v) is 3.92. The first-order valence-electron chi connectivity index (χ1n) is 6.35. The molecular weight excluding hydrogens is 320 g/mol. The van der Waals surface area contributed by atoms with E-state index in [0.717, 1.165) is 16.8 Å². The molecule has 3 aromatic heterocycles. The Morgan fingerprint density at radius 1 is 1.52 bits per heavy atom. The molecule has 0 unspecified atom stereocenters. The van der Waals surface area contributed by atoms with Crippen molar-refractivity contribution < 1.29 is 9.34 Å². The summed E-state index contributed by atoms with van der Waals surface area (Å²) in [5, 5.41) is 22.2. The Bertz CT molecular complexity index is 966. The van der Waals surface area contributed by atoms with Crippen molar-refractivity contribution in [1.82, 2.24) is 9.55 Å². The molecule has 9 heteroatoms. The monoisotopic (exact) mass is 328 g/mol. The summed E-state index contributed by atoms with van der Waals surface area (Å²) in [7, 11) is 0. The van der Waals surface area contributed by atoms with Gasteiger partial charge in [0.05, 0.1) is 29.6 Å². The second-order valence-corrected chi connectivity index (χ2v) is 5.39. The second kappa shape index (κ2) is 5.86. The van der Waals surface area contributed by atoms with Crippen molar-refractivity contribution in [2.24, 2.45) is 0 Å². The minimum Gasteiger partial charge on any atom is -0.462 e. The lowest BCUT2D eigenvalue weighted by atomic mass is 10.2. The standard InChI is InChI=1S/C14H8N4O4S/c15-5-9-4-11(18(20)21)7-17(14(9)19)6-10-8-23-13(16-10)12-2-1-3-22-12/h1-4,7-8H,6H2. The molecule has 114 valence electrons. The molecule has 0 N–H and O–H groups in total. The summed E-state index contributed by atoms with van der Waals surface area (Å²) in [6, 6.07) is 6.14. The Balaban J connectivity index is 1.97. The minimum absolute atomic E-state index is 0.0341. The van der Waals surface area contributed by atoms with Crippen molar-refractivity contribution in [1.29, 1.82) is 5.26 Å². The molecule has 0 saturated carbocycles. The van der Waals surface area contributed by atoms with Crippen molar-refractivity contribution >= 4 is 17.0 Å². The SMILES string of the molecule is N#Cc1cc([N+](=O)[O-])cn(Cc2csc(-c3ccco3)n2)c1=O. The van der Waals surface area contributed by atoms with E-state index in [4.69, 9.17) is 9.68 Å². The number of nitro groups is 1. The van der Waals surface area contributed by atoms with Gasteiger partial charge in [-0.15, -0.1) is 11.3 Å². The molecule has 0 aliphatic heterocycles. The van der Waals surface area contributed by atoms with E-state index in [-0.39, 0.29) is 17.8 Å². The number of aromatic nitrogens is 2. The van der Waals surface area contributed by atoms with Gasteiger partial charge in [-0.3, -0.25) is 14.9 Å². The lowest BCUT2D eigenvalue weighted by Crippen LogP contribution is -2.23. The third kappa shape index (κ3) is 2.88. The largest absolute Gasteiger partial charge is 0.462 e. The Hall–Kier alpha value is -3.25. The average Bonchev–Trinajstić information content (AvgIpc) is 3.20. The van der Waals surface area contributed by atoms with Crippen LogP contribution in [-0.4, -0.2) is 14.5 Å². The highest BCUT2D eigenvalue weighted by molar-refractivity contribution is 7.13. The lowest BCUT2D eigenvalue weighted by Gasteiger charge is -2.03. The van der Waals surface area contributed by atoms with Crippen LogP contribution in [0.3, 0.4) is 0 Å². The average molecular weight is 328 g/mol. The summed E-state index contributed by atoms with van der Waals surface area (Å²) < 4.78 is 6.35. The van der Waals surface area contributed by atoms with Crippen molar-refractivity contribution in [3.05, 3.63) is 67.8 Å². The van der Waals surface area contributed by atoms with Crippen LogP contribution in [0.5, 0.6) is 0 Å². The van der Waals surface area contributed by atoms with E-state index in [1.54, 1.807) is 23.6 Å². The zero-order valence-corrected chi connectivity index (χ0v) is 12.3. The Labute approximate surface area is 133 Å². The van der Waals surface area contributed by atoms with Crippen molar-refractivity contribution in [2.75, 3.05) is 0 Å². The normalized spacial score (nSPS) is 10.4. The smallest absolute Gasteiger partial charge is 0.287 e. The topological polar surface area (TPSA) is 115 Å². The van der Waals surface area contributed by atoms with E-state index in [9.17, 15) is 14.9 Å². The van der Waals surface area contributed by atoms with Gasteiger partial charge < -0.3 is 8.98 Å². The van der Waals surface area contributed by atoms with E-state index >= 15 is 0 Å². The van der Waals surface area contributed by atoms with Gasteiger partial charge >= 0.3 is 0 Å². The zero-order valence-electron chi connectivity index (χ0n) is 11.5. The predicted molar refractivity (Wildman–Crippen MR) is 81.0 cm³/mol. The van der Waals surface area contributed by atoms with Crippen LogP contribution >= 0.6 is 11.3 Å². The van der Waals surface area contributed by atoms with Crippen molar-refractivity contribution in [2.45, 2.75) is 6.54 Å². The lowest BCUT2D eigenvalue weighted by molar-refractivity contribution is -0.385. The van der Waals surface area contributed by atoms with Gasteiger partial charge in [0.1, 0.15) is 11.6 Å². The number of hydrogen-bond donors (Lipinski definition) is 0. The number of pyridine rings is 1.